The third-order valence-corrected chi connectivity index (χ3v) is 15.5. The van der Waals surface area contributed by atoms with Gasteiger partial charge in [0.05, 0.1) is 72.0 Å². The second kappa shape index (κ2) is 27.2. The molecule has 4 saturated heterocycles. The van der Waals surface area contributed by atoms with Gasteiger partial charge in [-0.3, -0.25) is 37.8 Å². The summed E-state index contributed by atoms with van der Waals surface area (Å²) in [4.78, 5) is 115. The van der Waals surface area contributed by atoms with Crippen molar-refractivity contribution < 1.29 is 165 Å². The van der Waals surface area contributed by atoms with Gasteiger partial charge in [-0.2, -0.15) is 0 Å². The molecular weight excluding hydrogens is 1300 g/mol. The number of hydrogen-bond donors (Lipinski definition) is 6. The molecule has 0 bridgehead atoms. The minimum atomic E-state index is -5.01. The Morgan fingerprint density at radius 1 is 0.652 bits per heavy atom. The molecular formula is C32H46Br2N4O25P4Y2-4. The molecule has 6 heterocycles. The second-order valence-corrected chi connectivity index (χ2v) is 23.4. The number of hydrogen-bond acceptors (Lipinski definition) is 23. The minimum Gasteiger partial charge on any atom is -0.778 e. The van der Waals surface area contributed by atoms with E-state index in [0.29, 0.717) is 12.8 Å². The van der Waals surface area contributed by atoms with E-state index in [1.54, 1.807) is 6.92 Å². The maximum Gasteiger partial charge on any atom is 0.330 e. The number of H-pyrrole nitrogens is 2. The molecule has 4 aliphatic rings. The predicted molar refractivity (Wildman–Crippen MR) is 222 cm³/mol. The van der Waals surface area contributed by atoms with Crippen molar-refractivity contribution in [2.75, 3.05) is 45.9 Å². The average molecular weight is 1350 g/mol. The maximum atomic E-state index is 12.6. The summed E-state index contributed by atoms with van der Waals surface area (Å²) in [5, 5.41) is 20.4. The summed E-state index contributed by atoms with van der Waals surface area (Å²) in [6.07, 6.45) is -8.43. The van der Waals surface area contributed by atoms with Crippen molar-refractivity contribution in [3.63, 3.8) is 0 Å². The normalized spacial score (nSPS) is 32.3. The molecule has 29 nitrogen and oxygen atoms in total. The van der Waals surface area contributed by atoms with Crippen LogP contribution in [0.3, 0.4) is 0 Å². The number of rotatable bonds is 19. The number of phosphoric ester groups is 2. The molecule has 2 aromatic heterocycles. The molecule has 0 aliphatic carbocycles. The Kier molecular flexibility index (Phi) is 25.2. The smallest absolute Gasteiger partial charge is 0.330 e. The van der Waals surface area contributed by atoms with Crippen LogP contribution in [0.1, 0.15) is 45.1 Å². The molecule has 16 atom stereocenters. The maximum absolute atomic E-state index is 12.6. The van der Waals surface area contributed by atoms with Crippen molar-refractivity contribution in [2.45, 2.75) is 100.0 Å². The minimum absolute atomic E-state index is 0. The molecule has 6 rings (SSSR count). The summed E-state index contributed by atoms with van der Waals surface area (Å²) >= 11 is 5.99. The third kappa shape index (κ3) is 19.4. The third-order valence-electron chi connectivity index (χ3n) is 10.7. The van der Waals surface area contributed by atoms with E-state index >= 15 is 0 Å². The standard InChI is InChI=1S/C17H27BrN2O13P2.C15H23BrN2O12P2.2Y/c1-8-13(32-12(15(8)29-2)6-31-35(26,27)28)7-34(24,25)30-5-11-10(21)3-14(33-11)20-4-9(18)16(22)19-17(20)23;16-10-4-18(15(21)17-14(10)20)13-3-11(19)12(30-13)6-27-31(22,23)7-9-2-1-8(29-9)5-28-32(24,25)26;;/h4,8,10-15,21H,3,5-7H2,1-2H3,(H,24,25)(H,19,22,23)(H2,26,27,28);4,8-9,11-13,19H,1-3,5-7H2,(H,22,23)(H,17,20,21)(H2,24,25,26);;/p-4. The number of nitrogens with zero attached hydrogens (tertiary/aromatic N) is 2. The number of phosphoric acid groups is 2. The molecule has 69 heavy (non-hydrogen) atoms. The van der Waals surface area contributed by atoms with Gasteiger partial charge in [0.25, 0.3) is 26.8 Å². The van der Waals surface area contributed by atoms with Gasteiger partial charge in [-0.25, -0.2) is 9.59 Å². The zero-order chi connectivity index (χ0) is 49.8. The fraction of sp³-hybridized carbons (Fsp3) is 0.750. The fourth-order valence-corrected chi connectivity index (χ4v) is 11.4. The van der Waals surface area contributed by atoms with E-state index in [4.69, 9.17) is 42.5 Å². The first-order valence-corrected chi connectivity index (χ1v) is 27.9. The van der Waals surface area contributed by atoms with Gasteiger partial charge in [-0.1, -0.05) is 6.92 Å². The number of nitrogens with one attached hydrogen (secondary N) is 2. The number of aromatic nitrogens is 4. The molecule has 388 valence electrons. The molecule has 0 saturated carbocycles. The van der Waals surface area contributed by atoms with Crippen molar-refractivity contribution in [2.24, 2.45) is 5.92 Å². The van der Waals surface area contributed by atoms with Crippen molar-refractivity contribution in [3.8, 4) is 0 Å². The Bertz CT molecular complexity index is 2480. The van der Waals surface area contributed by atoms with Crippen LogP contribution in [0.4, 0.5) is 0 Å². The Labute approximate surface area is 457 Å². The van der Waals surface area contributed by atoms with Gasteiger partial charge in [0, 0.05) is 116 Å². The number of ether oxygens (including phenoxy) is 5. The fourth-order valence-electron chi connectivity index (χ4n) is 7.44. The van der Waals surface area contributed by atoms with Crippen LogP contribution in [-0.2, 0) is 125 Å². The van der Waals surface area contributed by atoms with Gasteiger partial charge < -0.3 is 90.5 Å². The van der Waals surface area contributed by atoms with Crippen LogP contribution in [-0.4, -0.2) is 140 Å². The second-order valence-electron chi connectivity index (χ2n) is 15.6. The van der Waals surface area contributed by atoms with Crippen molar-refractivity contribution in [1.82, 2.24) is 19.1 Å². The molecule has 37 heteroatoms. The van der Waals surface area contributed by atoms with Gasteiger partial charge >= 0.3 is 11.4 Å². The zero-order valence-corrected chi connectivity index (χ0v) is 48.5. The van der Waals surface area contributed by atoms with E-state index in [0.717, 1.165) is 9.13 Å². The molecule has 4 fully saturated rings. The molecule has 4 aliphatic heterocycles. The number of aliphatic hydroxyl groups excluding tert-OH is 2. The van der Waals surface area contributed by atoms with Crippen LogP contribution < -0.4 is 42.1 Å². The number of methoxy groups -OCH3 is 1. The van der Waals surface area contributed by atoms with Gasteiger partial charge in [0.2, 0.25) is 0 Å². The summed E-state index contributed by atoms with van der Waals surface area (Å²) in [7, 11) is -17.5. The Balaban J connectivity index is 0.000000356. The van der Waals surface area contributed by atoms with E-state index in [1.807, 2.05) is 0 Å². The van der Waals surface area contributed by atoms with Crippen molar-refractivity contribution in [3.05, 3.63) is 63.0 Å². The van der Waals surface area contributed by atoms with Crippen LogP contribution in [0, 0.1) is 5.92 Å². The van der Waals surface area contributed by atoms with Crippen LogP contribution in [0.2, 0.25) is 0 Å². The quantitative estimate of drug-likeness (QED) is 0.0761. The molecule has 2 radical (unpaired) electrons. The SMILES string of the molecule is COC1C(COP(=O)([O-])O)OC(CP(=O)([O-])OCC2OC(n3cc(Br)c(=O)[nH]c3=O)CC2O)C1C.O=c1[nH]c(=O)n(C2CC(O)C(COP(=O)([O-])CC3CCC(COP(=O)([O-])O)O3)O2)cc1Br.[Y].[Y]. The van der Waals surface area contributed by atoms with E-state index in [9.17, 15) is 67.2 Å². The van der Waals surface area contributed by atoms with Crippen molar-refractivity contribution >= 4 is 62.7 Å². The average Bonchev–Trinajstić information content (AvgIpc) is 3.99. The monoisotopic (exact) mass is 1350 g/mol. The Morgan fingerprint density at radius 2 is 1.07 bits per heavy atom. The van der Waals surface area contributed by atoms with Gasteiger partial charge in [0.15, 0.2) is 0 Å². The molecule has 6 N–H and O–H groups in total. The van der Waals surface area contributed by atoms with Gasteiger partial charge in [-0.05, 0) is 44.7 Å². The van der Waals surface area contributed by atoms with Crippen molar-refractivity contribution in [1.29, 1.82) is 0 Å². The van der Waals surface area contributed by atoms with Crippen LogP contribution in [0.5, 0.6) is 0 Å². The summed E-state index contributed by atoms with van der Waals surface area (Å²) in [5.74, 6) is -0.493. The molecule has 16 unspecified atom stereocenters. The number of halogens is 2. The summed E-state index contributed by atoms with van der Waals surface area (Å²) in [6, 6.07) is 0. The first-order chi connectivity index (χ1) is 31.0. The summed E-state index contributed by atoms with van der Waals surface area (Å²) in [6.45, 7) is -0.390. The van der Waals surface area contributed by atoms with Gasteiger partial charge in [0.1, 0.15) is 46.0 Å². The van der Waals surface area contributed by atoms with E-state index in [2.05, 4.69) is 50.9 Å². The number of aromatic amines is 2. The summed E-state index contributed by atoms with van der Waals surface area (Å²) < 4.78 is 94.6. The number of aliphatic hydroxyl groups is 2. The topological polar surface area (TPSA) is 434 Å². The molecule has 0 amide bonds. The molecule has 2 aromatic rings. The van der Waals surface area contributed by atoms with Crippen LogP contribution in [0.25, 0.3) is 0 Å². The zero-order valence-electron chi connectivity index (χ0n) is 36.1. The van der Waals surface area contributed by atoms with Crippen LogP contribution in [0.15, 0.2) is 40.5 Å². The molecule has 0 aromatic carbocycles. The van der Waals surface area contributed by atoms with Crippen LogP contribution >= 0.6 is 62.7 Å². The summed E-state index contributed by atoms with van der Waals surface area (Å²) in [5.41, 5.74) is -2.78. The largest absolute Gasteiger partial charge is 0.778 e. The Morgan fingerprint density at radius 3 is 1.52 bits per heavy atom. The first kappa shape index (κ1) is 64.1. The molecule has 0 spiro atoms. The Hall–Kier alpha value is 0.768. The van der Waals surface area contributed by atoms with E-state index < -0.39 is 165 Å². The predicted octanol–water partition coefficient (Wildman–Crippen LogP) is -3.05. The van der Waals surface area contributed by atoms with E-state index in [-0.39, 0.29) is 87.2 Å². The first-order valence-electron chi connectivity index (χ1n) is 19.8. The van der Waals surface area contributed by atoms with E-state index in [1.165, 1.54) is 19.5 Å². The van der Waals surface area contributed by atoms with Gasteiger partial charge in [-0.15, -0.1) is 0 Å².